The summed E-state index contributed by atoms with van der Waals surface area (Å²) in [6.07, 6.45) is 0. The Balaban J connectivity index is 2.09. The van der Waals surface area contributed by atoms with Crippen LogP contribution in [0.2, 0.25) is 5.22 Å². The third kappa shape index (κ3) is 1.96. The lowest BCUT2D eigenvalue weighted by Crippen LogP contribution is -2.11. The van der Waals surface area contributed by atoms with Gasteiger partial charge in [0.15, 0.2) is 16.6 Å². The molecule has 6 heteroatoms. The monoisotopic (exact) mass is 291 g/mol. The van der Waals surface area contributed by atoms with Crippen LogP contribution < -0.4 is 5.76 Å². The highest BCUT2D eigenvalue weighted by atomic mass is 35.5. The third-order valence-electron chi connectivity index (χ3n) is 3.04. The fourth-order valence-corrected chi connectivity index (χ4v) is 2.23. The van der Waals surface area contributed by atoms with Crippen molar-refractivity contribution in [2.75, 3.05) is 0 Å². The predicted molar refractivity (Wildman–Crippen MR) is 73.3 cm³/mol. The Kier molecular flexibility index (Phi) is 2.99. The smallest absolute Gasteiger partial charge is 0.419 e. The van der Waals surface area contributed by atoms with E-state index in [0.29, 0.717) is 23.2 Å². The molecule has 0 aliphatic heterocycles. The van der Waals surface area contributed by atoms with Crippen LogP contribution in [0.15, 0.2) is 44.0 Å². The number of aromatic nitrogens is 1. The summed E-state index contributed by atoms with van der Waals surface area (Å²) in [5.74, 6) is -0.606. The first-order chi connectivity index (χ1) is 9.60. The molecule has 0 aliphatic carbocycles. The van der Waals surface area contributed by atoms with Crippen molar-refractivity contribution in [2.24, 2.45) is 0 Å². The van der Waals surface area contributed by atoms with Crippen LogP contribution in [-0.4, -0.2) is 10.4 Å². The molecule has 2 aromatic heterocycles. The topological polar surface area (TPSA) is 65.3 Å². The van der Waals surface area contributed by atoms with Crippen molar-refractivity contribution in [1.82, 2.24) is 4.57 Å². The molecular weight excluding hydrogens is 282 g/mol. The largest absolute Gasteiger partial charge is 0.441 e. The van der Waals surface area contributed by atoms with Crippen LogP contribution in [0, 0.1) is 0 Å². The molecule has 0 aliphatic rings. The van der Waals surface area contributed by atoms with Crippen molar-refractivity contribution in [2.45, 2.75) is 13.5 Å². The van der Waals surface area contributed by atoms with E-state index in [1.165, 1.54) is 22.8 Å². The maximum atomic E-state index is 12.2. The van der Waals surface area contributed by atoms with E-state index in [1.807, 2.05) is 6.92 Å². The maximum Gasteiger partial charge on any atom is 0.419 e. The summed E-state index contributed by atoms with van der Waals surface area (Å²) < 4.78 is 11.7. The van der Waals surface area contributed by atoms with Gasteiger partial charge in [0.1, 0.15) is 0 Å². The Hall–Kier alpha value is -2.27. The van der Waals surface area contributed by atoms with E-state index in [0.717, 1.165) is 0 Å². The Labute approximate surface area is 118 Å². The van der Waals surface area contributed by atoms with E-state index < -0.39 is 5.76 Å². The number of rotatable bonds is 3. The lowest BCUT2D eigenvalue weighted by atomic mass is 10.1. The zero-order valence-corrected chi connectivity index (χ0v) is 11.3. The molecule has 5 nitrogen and oxygen atoms in total. The van der Waals surface area contributed by atoms with Gasteiger partial charge in [0.25, 0.3) is 0 Å². The average molecular weight is 292 g/mol. The van der Waals surface area contributed by atoms with Gasteiger partial charge in [-0.15, -0.1) is 0 Å². The van der Waals surface area contributed by atoms with Crippen molar-refractivity contribution >= 4 is 28.5 Å². The third-order valence-corrected chi connectivity index (χ3v) is 3.25. The second-order valence-corrected chi connectivity index (χ2v) is 4.60. The van der Waals surface area contributed by atoms with Crippen molar-refractivity contribution in [3.05, 3.63) is 57.4 Å². The second-order valence-electron chi connectivity index (χ2n) is 4.23. The maximum absolute atomic E-state index is 12.2. The van der Waals surface area contributed by atoms with E-state index >= 15 is 0 Å². The molecule has 0 radical (unpaired) electrons. The molecule has 0 amide bonds. The highest BCUT2D eigenvalue weighted by Gasteiger charge is 2.16. The highest BCUT2D eigenvalue weighted by molar-refractivity contribution is 6.29. The van der Waals surface area contributed by atoms with Crippen LogP contribution in [0.1, 0.15) is 23.0 Å². The van der Waals surface area contributed by atoms with Gasteiger partial charge in [0.05, 0.1) is 5.52 Å². The fraction of sp³-hybridized carbons (Fsp3) is 0.143. The molecule has 0 bridgehead atoms. The van der Waals surface area contributed by atoms with E-state index in [2.05, 4.69) is 0 Å². The van der Waals surface area contributed by atoms with Gasteiger partial charge < -0.3 is 8.83 Å². The summed E-state index contributed by atoms with van der Waals surface area (Å²) in [4.78, 5) is 23.8. The average Bonchev–Trinajstić information content (AvgIpc) is 2.99. The molecule has 3 aromatic rings. The van der Waals surface area contributed by atoms with Crippen LogP contribution in [0.3, 0.4) is 0 Å². The number of ketones is 1. The van der Waals surface area contributed by atoms with Gasteiger partial charge in [-0.05, 0) is 48.9 Å². The summed E-state index contributed by atoms with van der Waals surface area (Å²) in [5, 5.41) is 0.151. The summed E-state index contributed by atoms with van der Waals surface area (Å²) >= 11 is 5.65. The van der Waals surface area contributed by atoms with Gasteiger partial charge in [-0.2, -0.15) is 0 Å². The molecule has 0 saturated carbocycles. The summed E-state index contributed by atoms with van der Waals surface area (Å²) in [5.41, 5.74) is 1.41. The second kappa shape index (κ2) is 4.68. The Morgan fingerprint density at radius 3 is 2.70 bits per heavy atom. The van der Waals surface area contributed by atoms with Crippen molar-refractivity contribution in [3.63, 3.8) is 0 Å². The number of hydrogen-bond acceptors (Lipinski definition) is 4. The number of hydrogen-bond donors (Lipinski definition) is 0. The number of nitrogens with zero attached hydrogens (tertiary/aromatic N) is 1. The lowest BCUT2D eigenvalue weighted by Gasteiger charge is -1.99. The zero-order chi connectivity index (χ0) is 14.3. The van der Waals surface area contributed by atoms with Crippen molar-refractivity contribution in [3.8, 4) is 0 Å². The summed E-state index contributed by atoms with van der Waals surface area (Å²) in [6.45, 7) is 2.35. The first-order valence-electron chi connectivity index (χ1n) is 6.03. The fourth-order valence-electron chi connectivity index (χ4n) is 2.09. The quantitative estimate of drug-likeness (QED) is 0.696. The molecule has 0 saturated heterocycles. The number of fused-ring (bicyclic) bond motifs is 1. The molecule has 3 rings (SSSR count). The van der Waals surface area contributed by atoms with Gasteiger partial charge in [-0.1, -0.05) is 0 Å². The van der Waals surface area contributed by atoms with E-state index in [9.17, 15) is 9.59 Å². The van der Waals surface area contributed by atoms with Gasteiger partial charge in [-0.3, -0.25) is 9.36 Å². The minimum Gasteiger partial charge on any atom is -0.441 e. The molecule has 1 aromatic carbocycles. The standard InChI is InChI=1S/C14H10ClNO4/c1-2-16-9-4-3-8(7-11(9)20-14(16)18)13(17)10-5-6-12(15)19-10/h3-7H,2H2,1H3. The lowest BCUT2D eigenvalue weighted by molar-refractivity contribution is 0.101. The number of benzene rings is 1. The molecule has 0 atom stereocenters. The first-order valence-corrected chi connectivity index (χ1v) is 6.41. The molecule has 2 heterocycles. The van der Waals surface area contributed by atoms with Crippen molar-refractivity contribution < 1.29 is 13.6 Å². The Morgan fingerprint density at radius 2 is 2.05 bits per heavy atom. The van der Waals surface area contributed by atoms with Crippen LogP contribution in [0.4, 0.5) is 0 Å². The number of carbonyl (C=O) groups is 1. The van der Waals surface area contributed by atoms with Crippen LogP contribution in [0.25, 0.3) is 11.1 Å². The SMILES string of the molecule is CCn1c(=O)oc2cc(C(=O)c3ccc(Cl)o3)ccc21. The number of oxazole rings is 1. The predicted octanol–water partition coefficient (Wildman–Crippen LogP) is 3.09. The Morgan fingerprint density at radius 1 is 1.25 bits per heavy atom. The normalized spacial score (nSPS) is 11.1. The number of carbonyl (C=O) groups excluding carboxylic acids is 1. The number of halogens is 1. The molecule has 0 unspecified atom stereocenters. The number of aryl methyl sites for hydroxylation is 1. The minimum atomic E-state index is -0.437. The van der Waals surface area contributed by atoms with Crippen LogP contribution in [0.5, 0.6) is 0 Å². The highest BCUT2D eigenvalue weighted by Crippen LogP contribution is 2.20. The van der Waals surface area contributed by atoms with Gasteiger partial charge >= 0.3 is 5.76 Å². The molecule has 0 spiro atoms. The molecule has 0 fully saturated rings. The minimum absolute atomic E-state index is 0.145. The Bertz CT molecular complexity index is 856. The molecule has 20 heavy (non-hydrogen) atoms. The molecule has 0 N–H and O–H groups in total. The van der Waals surface area contributed by atoms with E-state index in [4.69, 9.17) is 20.4 Å². The first kappa shape index (κ1) is 12.7. The van der Waals surface area contributed by atoms with Gasteiger partial charge in [-0.25, -0.2) is 4.79 Å². The van der Waals surface area contributed by atoms with E-state index in [1.54, 1.807) is 12.1 Å². The van der Waals surface area contributed by atoms with Gasteiger partial charge in [0.2, 0.25) is 5.78 Å². The van der Waals surface area contributed by atoms with Crippen molar-refractivity contribution in [1.29, 1.82) is 0 Å². The van der Waals surface area contributed by atoms with Crippen LogP contribution >= 0.6 is 11.6 Å². The summed E-state index contributed by atoms with van der Waals surface area (Å²) in [6, 6.07) is 7.84. The summed E-state index contributed by atoms with van der Waals surface area (Å²) in [7, 11) is 0. The van der Waals surface area contributed by atoms with E-state index in [-0.39, 0.29) is 16.8 Å². The zero-order valence-electron chi connectivity index (χ0n) is 10.6. The molecule has 102 valence electrons. The van der Waals surface area contributed by atoms with Gasteiger partial charge in [0, 0.05) is 12.1 Å². The molecular formula is C14H10ClNO4. The number of furan rings is 1. The van der Waals surface area contributed by atoms with Crippen LogP contribution in [-0.2, 0) is 6.54 Å².